The lowest BCUT2D eigenvalue weighted by Gasteiger charge is -2.16. The van der Waals surface area contributed by atoms with E-state index < -0.39 is 0 Å². The van der Waals surface area contributed by atoms with Crippen LogP contribution < -0.4 is 0 Å². The lowest BCUT2D eigenvalue weighted by Crippen LogP contribution is -2.11. The summed E-state index contributed by atoms with van der Waals surface area (Å²) < 4.78 is 4.76. The van der Waals surface area contributed by atoms with Crippen molar-refractivity contribution in [1.29, 1.82) is 0 Å². The molecule has 0 fully saturated rings. The van der Waals surface area contributed by atoms with Gasteiger partial charge in [0.2, 0.25) is 0 Å². The zero-order chi connectivity index (χ0) is 15.1. The van der Waals surface area contributed by atoms with Gasteiger partial charge in [-0.3, -0.25) is 9.78 Å². The van der Waals surface area contributed by atoms with Crippen LogP contribution >= 0.6 is 0 Å². The molecule has 1 atom stereocenters. The van der Waals surface area contributed by atoms with Crippen molar-refractivity contribution in [2.24, 2.45) is 0 Å². The predicted molar refractivity (Wildman–Crippen MR) is 78.7 cm³/mol. The summed E-state index contributed by atoms with van der Waals surface area (Å²) in [5.74, 6) is -0.254. The maximum absolute atomic E-state index is 11.6. The van der Waals surface area contributed by atoms with E-state index in [2.05, 4.69) is 15.9 Å². The van der Waals surface area contributed by atoms with E-state index in [4.69, 9.17) is 9.62 Å². The fourth-order valence-electron chi connectivity index (χ4n) is 2.26. The second kappa shape index (κ2) is 7.71. The van der Waals surface area contributed by atoms with Crippen molar-refractivity contribution in [3.63, 3.8) is 0 Å². The molecule has 0 aliphatic rings. The third-order valence-corrected chi connectivity index (χ3v) is 3.39. The number of methoxy groups -OCH3 is 1. The Kier molecular flexibility index (Phi) is 5.66. The third-order valence-electron chi connectivity index (χ3n) is 3.39. The predicted octanol–water partition coefficient (Wildman–Crippen LogP) is 2.85. The van der Waals surface area contributed by atoms with Gasteiger partial charge < -0.3 is 4.74 Å². The summed E-state index contributed by atoms with van der Waals surface area (Å²) in [4.78, 5) is 25.5. The standard InChI is InChI=1S/C16H19NO4/c1-19-16(18)10-12(7-8-21-20-2)14-9-13-5-3-4-6-15(13)17-11-14/h3-6,9,11-12H,7-8,10H2,1-2H3. The van der Waals surface area contributed by atoms with E-state index in [1.165, 1.54) is 14.2 Å². The minimum atomic E-state index is -0.245. The molecular weight excluding hydrogens is 270 g/mol. The Hall–Kier alpha value is -1.98. The molecule has 21 heavy (non-hydrogen) atoms. The molecule has 1 aromatic carbocycles. The number of rotatable bonds is 7. The highest BCUT2D eigenvalue weighted by atomic mass is 17.2. The number of carbonyl (C=O) groups excluding carboxylic acids is 1. The van der Waals surface area contributed by atoms with Gasteiger partial charge in [-0.05, 0) is 30.0 Å². The van der Waals surface area contributed by atoms with Gasteiger partial charge in [-0.25, -0.2) is 9.78 Å². The Bertz CT molecular complexity index is 600. The van der Waals surface area contributed by atoms with Crippen molar-refractivity contribution in [3.05, 3.63) is 42.1 Å². The lowest BCUT2D eigenvalue weighted by molar-refractivity contribution is -0.273. The molecule has 0 amide bonds. The van der Waals surface area contributed by atoms with E-state index in [-0.39, 0.29) is 11.9 Å². The zero-order valence-electron chi connectivity index (χ0n) is 12.2. The molecule has 0 saturated carbocycles. The van der Waals surface area contributed by atoms with Crippen LogP contribution in [0.2, 0.25) is 0 Å². The van der Waals surface area contributed by atoms with Gasteiger partial charge in [0.15, 0.2) is 0 Å². The molecule has 1 unspecified atom stereocenters. The largest absolute Gasteiger partial charge is 0.469 e. The van der Waals surface area contributed by atoms with Gasteiger partial charge in [0, 0.05) is 11.6 Å². The lowest BCUT2D eigenvalue weighted by atomic mass is 9.93. The van der Waals surface area contributed by atoms with E-state index >= 15 is 0 Å². The molecule has 0 saturated heterocycles. The molecule has 2 aromatic rings. The van der Waals surface area contributed by atoms with Crippen LogP contribution in [0.25, 0.3) is 10.9 Å². The molecule has 0 N–H and O–H groups in total. The van der Waals surface area contributed by atoms with Gasteiger partial charge in [0.25, 0.3) is 0 Å². The highest BCUT2D eigenvalue weighted by Crippen LogP contribution is 2.26. The van der Waals surface area contributed by atoms with Crippen LogP contribution in [0.3, 0.4) is 0 Å². The molecule has 5 heteroatoms. The first-order valence-corrected chi connectivity index (χ1v) is 6.81. The van der Waals surface area contributed by atoms with E-state index in [0.29, 0.717) is 19.4 Å². The minimum Gasteiger partial charge on any atom is -0.469 e. The van der Waals surface area contributed by atoms with Crippen LogP contribution in [0.15, 0.2) is 36.5 Å². The number of ether oxygens (including phenoxy) is 1. The summed E-state index contributed by atoms with van der Waals surface area (Å²) in [6, 6.07) is 9.95. The summed E-state index contributed by atoms with van der Waals surface area (Å²) in [6.45, 7) is 0.408. The Balaban J connectivity index is 2.21. The molecule has 1 heterocycles. The summed E-state index contributed by atoms with van der Waals surface area (Å²) in [7, 11) is 2.86. The fraction of sp³-hybridized carbons (Fsp3) is 0.375. The van der Waals surface area contributed by atoms with E-state index in [1.807, 2.05) is 30.5 Å². The number of hydrogen-bond acceptors (Lipinski definition) is 5. The molecule has 1 aromatic heterocycles. The van der Waals surface area contributed by atoms with Crippen LogP contribution in [0.4, 0.5) is 0 Å². The summed E-state index contributed by atoms with van der Waals surface area (Å²) >= 11 is 0. The number of hydrogen-bond donors (Lipinski definition) is 0. The topological polar surface area (TPSA) is 57.7 Å². The quantitative estimate of drug-likeness (QED) is 0.339. The number of esters is 1. The zero-order valence-corrected chi connectivity index (χ0v) is 12.2. The van der Waals surface area contributed by atoms with Crippen molar-refractivity contribution in [1.82, 2.24) is 4.98 Å². The fourth-order valence-corrected chi connectivity index (χ4v) is 2.26. The Labute approximate surface area is 123 Å². The Morgan fingerprint density at radius 1 is 1.29 bits per heavy atom. The molecule has 5 nitrogen and oxygen atoms in total. The van der Waals surface area contributed by atoms with Crippen molar-refractivity contribution in [2.45, 2.75) is 18.8 Å². The molecule has 0 aliphatic carbocycles. The van der Waals surface area contributed by atoms with E-state index in [1.54, 1.807) is 0 Å². The second-order valence-electron chi connectivity index (χ2n) is 4.72. The molecule has 112 valence electrons. The van der Waals surface area contributed by atoms with Crippen LogP contribution in [0.5, 0.6) is 0 Å². The molecule has 0 bridgehead atoms. The SMILES string of the molecule is COOCCC(CC(=O)OC)c1cnc2ccccc2c1. The number of benzene rings is 1. The van der Waals surface area contributed by atoms with Gasteiger partial charge in [0.1, 0.15) is 0 Å². The summed E-state index contributed by atoms with van der Waals surface area (Å²) in [5, 5.41) is 1.05. The van der Waals surface area contributed by atoms with Crippen LogP contribution in [0.1, 0.15) is 24.3 Å². The van der Waals surface area contributed by atoms with Crippen LogP contribution in [-0.2, 0) is 19.3 Å². The van der Waals surface area contributed by atoms with Gasteiger partial charge in [-0.2, -0.15) is 0 Å². The number of para-hydroxylation sites is 1. The van der Waals surface area contributed by atoms with E-state index in [9.17, 15) is 4.79 Å². The summed E-state index contributed by atoms with van der Waals surface area (Å²) in [5.41, 5.74) is 1.94. The molecule has 0 aliphatic heterocycles. The highest BCUT2D eigenvalue weighted by molar-refractivity contribution is 5.79. The van der Waals surface area contributed by atoms with Gasteiger partial charge >= 0.3 is 5.97 Å². The first-order chi connectivity index (χ1) is 10.2. The van der Waals surface area contributed by atoms with E-state index in [0.717, 1.165) is 16.5 Å². The maximum Gasteiger partial charge on any atom is 0.306 e. The molecule has 2 rings (SSSR count). The number of pyridine rings is 1. The number of aromatic nitrogens is 1. The Morgan fingerprint density at radius 2 is 2.10 bits per heavy atom. The number of carbonyl (C=O) groups is 1. The molecular formula is C16H19NO4. The second-order valence-corrected chi connectivity index (χ2v) is 4.72. The number of nitrogens with zero attached hydrogens (tertiary/aromatic N) is 1. The molecule has 0 radical (unpaired) electrons. The molecule has 0 spiro atoms. The van der Waals surface area contributed by atoms with Crippen LogP contribution in [-0.4, -0.2) is 31.8 Å². The Morgan fingerprint density at radius 3 is 2.86 bits per heavy atom. The minimum absolute atomic E-state index is 0.00953. The average molecular weight is 289 g/mol. The van der Waals surface area contributed by atoms with Gasteiger partial charge in [-0.15, -0.1) is 0 Å². The number of fused-ring (bicyclic) bond motifs is 1. The highest BCUT2D eigenvalue weighted by Gasteiger charge is 2.17. The van der Waals surface area contributed by atoms with Crippen molar-refractivity contribution in [2.75, 3.05) is 20.8 Å². The van der Waals surface area contributed by atoms with Gasteiger partial charge in [-0.1, -0.05) is 18.2 Å². The first-order valence-electron chi connectivity index (χ1n) is 6.81. The monoisotopic (exact) mass is 289 g/mol. The van der Waals surface area contributed by atoms with Crippen molar-refractivity contribution < 1.29 is 19.3 Å². The first kappa shape index (κ1) is 15.4. The van der Waals surface area contributed by atoms with Crippen molar-refractivity contribution in [3.8, 4) is 0 Å². The van der Waals surface area contributed by atoms with Crippen molar-refractivity contribution >= 4 is 16.9 Å². The van der Waals surface area contributed by atoms with Crippen LogP contribution in [0, 0.1) is 0 Å². The normalized spacial score (nSPS) is 12.3. The summed E-state index contributed by atoms with van der Waals surface area (Å²) in [6.07, 6.45) is 2.76. The third kappa shape index (κ3) is 4.24. The smallest absolute Gasteiger partial charge is 0.306 e. The average Bonchev–Trinajstić information content (AvgIpc) is 2.53. The van der Waals surface area contributed by atoms with Gasteiger partial charge in [0.05, 0.1) is 32.8 Å². The maximum atomic E-state index is 11.6.